The second-order valence-electron chi connectivity index (χ2n) is 8.77. The molecule has 1 aliphatic heterocycles. The van der Waals surface area contributed by atoms with Crippen molar-refractivity contribution in [2.24, 2.45) is 13.0 Å². The normalized spacial score (nSPS) is 17.0. The number of hydrogen-bond donors (Lipinski definition) is 0. The van der Waals surface area contributed by atoms with Gasteiger partial charge in [0.15, 0.2) is 0 Å². The monoisotopic (exact) mass is 442 g/mol. The van der Waals surface area contributed by atoms with Crippen LogP contribution in [-0.2, 0) is 13.5 Å². The fourth-order valence-corrected chi connectivity index (χ4v) is 5.24. The van der Waals surface area contributed by atoms with E-state index in [0.717, 1.165) is 30.8 Å². The maximum absolute atomic E-state index is 13.2. The van der Waals surface area contributed by atoms with Crippen molar-refractivity contribution in [3.8, 4) is 0 Å². The first-order valence-electron chi connectivity index (χ1n) is 10.6. The summed E-state index contributed by atoms with van der Waals surface area (Å²) in [6.07, 6.45) is 2.79. The molecule has 0 radical (unpaired) electrons. The molecule has 1 fully saturated rings. The summed E-state index contributed by atoms with van der Waals surface area (Å²) in [5.74, 6) is 0.531. The number of likely N-dealkylation sites (tertiary alicyclic amines) is 1. The Labute approximate surface area is 188 Å². The highest BCUT2D eigenvalue weighted by molar-refractivity contribution is 6.38. The fraction of sp³-hybridized carbons (Fsp3) is 0.400. The van der Waals surface area contributed by atoms with Gasteiger partial charge in [0.2, 0.25) is 0 Å². The molecule has 2 aromatic carbocycles. The minimum atomic E-state index is 0.00739. The molecule has 2 heterocycles. The number of aryl methyl sites for hydroxylation is 3. The number of amides is 1. The van der Waals surface area contributed by atoms with Crippen molar-refractivity contribution in [2.75, 3.05) is 13.1 Å². The van der Waals surface area contributed by atoms with Crippen LogP contribution in [0.25, 0.3) is 10.9 Å². The molecule has 0 bridgehead atoms. The number of piperidine rings is 1. The summed E-state index contributed by atoms with van der Waals surface area (Å²) in [7, 11) is 2.07. The molecule has 0 N–H and O–H groups in total. The summed E-state index contributed by atoms with van der Waals surface area (Å²) in [4.78, 5) is 15.1. The summed E-state index contributed by atoms with van der Waals surface area (Å²) < 4.78 is 2.20. The maximum Gasteiger partial charge on any atom is 0.255 e. The molecule has 0 unspecified atom stereocenters. The number of nitrogens with zero attached hydrogens (tertiary/aromatic N) is 2. The molecule has 1 aromatic heterocycles. The van der Waals surface area contributed by atoms with Crippen molar-refractivity contribution in [3.63, 3.8) is 0 Å². The summed E-state index contributed by atoms with van der Waals surface area (Å²) in [6, 6.07) is 10.2. The molecule has 1 saturated heterocycles. The lowest BCUT2D eigenvalue weighted by atomic mass is 9.98. The standard InChI is InChI=1S/C25H28Cl2N2O/c1-15-6-5-9-29(14-15)25(30)19-7-8-22(26)21(24(19)27)13-18-12-20-17(3)10-16(2)11-23(20)28(18)4/h7-8,10-12,15H,5-6,9,13-14H2,1-4H3/t15-/m0/s1. The molecule has 0 spiro atoms. The molecule has 3 nitrogen and oxygen atoms in total. The van der Waals surface area contributed by atoms with Crippen LogP contribution >= 0.6 is 23.2 Å². The van der Waals surface area contributed by atoms with Gasteiger partial charge < -0.3 is 9.47 Å². The minimum absolute atomic E-state index is 0.00739. The maximum atomic E-state index is 13.2. The summed E-state index contributed by atoms with van der Waals surface area (Å²) >= 11 is 13.3. The van der Waals surface area contributed by atoms with E-state index in [2.05, 4.69) is 50.6 Å². The van der Waals surface area contributed by atoms with E-state index in [9.17, 15) is 4.79 Å². The van der Waals surface area contributed by atoms with Gasteiger partial charge >= 0.3 is 0 Å². The Morgan fingerprint density at radius 1 is 1.17 bits per heavy atom. The van der Waals surface area contributed by atoms with Crippen LogP contribution in [0.2, 0.25) is 10.0 Å². The van der Waals surface area contributed by atoms with E-state index in [1.165, 1.54) is 28.5 Å². The van der Waals surface area contributed by atoms with Gasteiger partial charge in [-0.05, 0) is 73.6 Å². The Morgan fingerprint density at radius 2 is 1.93 bits per heavy atom. The van der Waals surface area contributed by atoms with Gasteiger partial charge in [0.05, 0.1) is 10.6 Å². The van der Waals surface area contributed by atoms with Crippen molar-refractivity contribution in [3.05, 3.63) is 68.3 Å². The first-order valence-corrected chi connectivity index (χ1v) is 11.3. The number of rotatable bonds is 3. The van der Waals surface area contributed by atoms with E-state index in [1.807, 2.05) is 4.90 Å². The number of carbonyl (C=O) groups excluding carboxylic acids is 1. The van der Waals surface area contributed by atoms with Crippen LogP contribution in [0.1, 0.15) is 52.5 Å². The van der Waals surface area contributed by atoms with Crippen LogP contribution in [0.4, 0.5) is 0 Å². The van der Waals surface area contributed by atoms with Crippen molar-refractivity contribution in [1.82, 2.24) is 9.47 Å². The Morgan fingerprint density at radius 3 is 2.67 bits per heavy atom. The summed E-state index contributed by atoms with van der Waals surface area (Å²) in [5, 5.41) is 2.31. The van der Waals surface area contributed by atoms with Gasteiger partial charge in [-0.3, -0.25) is 4.79 Å². The number of fused-ring (bicyclic) bond motifs is 1. The van der Waals surface area contributed by atoms with Gasteiger partial charge in [-0.15, -0.1) is 0 Å². The molecule has 3 aromatic rings. The lowest BCUT2D eigenvalue weighted by Gasteiger charge is -2.31. The zero-order valence-electron chi connectivity index (χ0n) is 18.1. The minimum Gasteiger partial charge on any atom is -0.347 e. The van der Waals surface area contributed by atoms with Crippen molar-refractivity contribution in [1.29, 1.82) is 0 Å². The highest BCUT2D eigenvalue weighted by Crippen LogP contribution is 2.33. The van der Waals surface area contributed by atoms with Crippen LogP contribution in [-0.4, -0.2) is 28.5 Å². The SMILES string of the molecule is Cc1cc(C)c2cc(Cc3c(Cl)ccc(C(=O)N4CCC[C@H](C)C4)c3Cl)n(C)c2c1. The van der Waals surface area contributed by atoms with Gasteiger partial charge in [0, 0.05) is 48.2 Å². The first kappa shape index (κ1) is 21.3. The van der Waals surface area contributed by atoms with E-state index in [1.54, 1.807) is 12.1 Å². The molecule has 1 aliphatic rings. The number of halogens is 2. The zero-order chi connectivity index (χ0) is 21.6. The van der Waals surface area contributed by atoms with Crippen LogP contribution in [0, 0.1) is 19.8 Å². The Kier molecular flexibility index (Phi) is 5.87. The van der Waals surface area contributed by atoms with Gasteiger partial charge in [-0.25, -0.2) is 0 Å². The number of carbonyl (C=O) groups is 1. The number of aromatic nitrogens is 1. The van der Waals surface area contributed by atoms with E-state index in [4.69, 9.17) is 23.2 Å². The van der Waals surface area contributed by atoms with Crippen molar-refractivity contribution < 1.29 is 4.79 Å². The molecule has 4 rings (SSSR count). The van der Waals surface area contributed by atoms with Crippen LogP contribution in [0.5, 0.6) is 0 Å². The molecular formula is C25H28Cl2N2O. The molecule has 5 heteroatoms. The second kappa shape index (κ2) is 8.28. The predicted octanol–water partition coefficient (Wildman–Crippen LogP) is 6.56. The molecular weight excluding hydrogens is 415 g/mol. The van der Waals surface area contributed by atoms with E-state index in [0.29, 0.717) is 27.9 Å². The third kappa shape index (κ3) is 3.86. The quantitative estimate of drug-likeness (QED) is 0.450. The average Bonchev–Trinajstić information content (AvgIpc) is 3.01. The van der Waals surface area contributed by atoms with Crippen LogP contribution in [0.3, 0.4) is 0 Å². The van der Waals surface area contributed by atoms with Crippen molar-refractivity contribution in [2.45, 2.75) is 40.0 Å². The summed E-state index contributed by atoms with van der Waals surface area (Å²) in [5.41, 5.74) is 6.19. The molecule has 158 valence electrons. The number of hydrogen-bond acceptors (Lipinski definition) is 1. The zero-order valence-corrected chi connectivity index (χ0v) is 19.6. The van der Waals surface area contributed by atoms with Gasteiger partial charge in [0.1, 0.15) is 0 Å². The molecule has 0 saturated carbocycles. The highest BCUT2D eigenvalue weighted by atomic mass is 35.5. The lowest BCUT2D eigenvalue weighted by Crippen LogP contribution is -2.39. The third-order valence-corrected chi connectivity index (χ3v) is 7.12. The Hall–Kier alpha value is -1.97. The van der Waals surface area contributed by atoms with Crippen molar-refractivity contribution >= 4 is 40.0 Å². The molecule has 1 atom stereocenters. The van der Waals surface area contributed by atoms with E-state index in [-0.39, 0.29) is 5.91 Å². The third-order valence-electron chi connectivity index (χ3n) is 6.33. The molecule has 30 heavy (non-hydrogen) atoms. The largest absolute Gasteiger partial charge is 0.347 e. The predicted molar refractivity (Wildman–Crippen MR) is 126 cm³/mol. The van der Waals surface area contributed by atoms with E-state index >= 15 is 0 Å². The lowest BCUT2D eigenvalue weighted by molar-refractivity contribution is 0.0683. The highest BCUT2D eigenvalue weighted by Gasteiger charge is 2.25. The topological polar surface area (TPSA) is 25.2 Å². The van der Waals surface area contributed by atoms with Crippen LogP contribution < -0.4 is 0 Å². The Balaban J connectivity index is 1.71. The van der Waals surface area contributed by atoms with Gasteiger partial charge in [-0.1, -0.05) is 36.2 Å². The molecule has 0 aliphatic carbocycles. The summed E-state index contributed by atoms with van der Waals surface area (Å²) in [6.45, 7) is 8.02. The first-order chi connectivity index (χ1) is 14.3. The van der Waals surface area contributed by atoms with Gasteiger partial charge in [-0.2, -0.15) is 0 Å². The molecule has 1 amide bonds. The second-order valence-corrected chi connectivity index (χ2v) is 9.56. The average molecular weight is 443 g/mol. The Bertz CT molecular complexity index is 1130. The number of benzene rings is 2. The van der Waals surface area contributed by atoms with Gasteiger partial charge in [0.25, 0.3) is 5.91 Å². The fourth-order valence-electron chi connectivity index (χ4n) is 4.66. The van der Waals surface area contributed by atoms with Crippen LogP contribution in [0.15, 0.2) is 30.3 Å². The van der Waals surface area contributed by atoms with E-state index < -0.39 is 0 Å². The smallest absolute Gasteiger partial charge is 0.255 e.